The molecule has 0 unspecified atom stereocenters. The third-order valence-corrected chi connectivity index (χ3v) is 3.81. The highest BCUT2D eigenvalue weighted by molar-refractivity contribution is 5.73. The van der Waals surface area contributed by atoms with Crippen LogP contribution in [0.3, 0.4) is 0 Å². The zero-order valence-corrected chi connectivity index (χ0v) is 13.6. The largest absolute Gasteiger partial charge is 0.434 e. The Balaban J connectivity index is 1.47. The summed E-state index contributed by atoms with van der Waals surface area (Å²) in [5.74, 6) is 0.581. The Kier molecular flexibility index (Phi) is 4.25. The molecular formula is C21H17N3O. The van der Waals surface area contributed by atoms with Gasteiger partial charge in [0.15, 0.2) is 11.2 Å². The van der Waals surface area contributed by atoms with Crippen LogP contribution in [-0.2, 0) is 0 Å². The molecule has 4 nitrogen and oxygen atoms in total. The number of fused-ring (bicyclic) bond motifs is 1. The van der Waals surface area contributed by atoms with Crippen molar-refractivity contribution >= 4 is 23.0 Å². The van der Waals surface area contributed by atoms with Gasteiger partial charge < -0.3 is 9.73 Å². The standard InChI is InChI=1S/C21H17N3O/c1-2-7-16(8-3-1)9-5-13-22-18-11-4-10-17(15-18)21-24-20-19(25-21)12-6-14-23-20/h1-12,14-15,22H,13H2/b9-5+. The van der Waals surface area contributed by atoms with Crippen LogP contribution in [0.4, 0.5) is 5.69 Å². The van der Waals surface area contributed by atoms with Gasteiger partial charge in [-0.2, -0.15) is 4.98 Å². The Hall–Kier alpha value is -3.40. The molecule has 2 heterocycles. The maximum absolute atomic E-state index is 5.78. The van der Waals surface area contributed by atoms with Crippen LogP contribution < -0.4 is 5.32 Å². The van der Waals surface area contributed by atoms with E-state index in [1.165, 1.54) is 5.56 Å². The Morgan fingerprint density at radius 2 is 1.88 bits per heavy atom. The molecule has 122 valence electrons. The quantitative estimate of drug-likeness (QED) is 0.559. The number of hydrogen-bond acceptors (Lipinski definition) is 4. The molecule has 4 heteroatoms. The molecule has 0 spiro atoms. The normalized spacial score (nSPS) is 11.2. The average Bonchev–Trinajstić information content (AvgIpc) is 3.11. The number of rotatable bonds is 5. The highest BCUT2D eigenvalue weighted by Gasteiger charge is 2.08. The molecular weight excluding hydrogens is 310 g/mol. The molecule has 0 aliphatic carbocycles. The smallest absolute Gasteiger partial charge is 0.228 e. The van der Waals surface area contributed by atoms with Crippen LogP contribution in [0.2, 0.25) is 0 Å². The van der Waals surface area contributed by atoms with Gasteiger partial charge in [0.25, 0.3) is 0 Å². The minimum absolute atomic E-state index is 0.581. The fourth-order valence-corrected chi connectivity index (χ4v) is 2.59. The van der Waals surface area contributed by atoms with Gasteiger partial charge in [-0.1, -0.05) is 48.6 Å². The van der Waals surface area contributed by atoms with Crippen LogP contribution in [0.25, 0.3) is 28.8 Å². The van der Waals surface area contributed by atoms with E-state index < -0.39 is 0 Å². The van der Waals surface area contributed by atoms with Gasteiger partial charge in [0.1, 0.15) is 0 Å². The number of nitrogens with one attached hydrogen (secondary N) is 1. The number of anilines is 1. The number of hydrogen-bond donors (Lipinski definition) is 1. The Bertz CT molecular complexity index is 973. The lowest BCUT2D eigenvalue weighted by Crippen LogP contribution is -1.97. The van der Waals surface area contributed by atoms with E-state index in [9.17, 15) is 0 Å². The first-order valence-corrected chi connectivity index (χ1v) is 8.16. The van der Waals surface area contributed by atoms with Crippen molar-refractivity contribution in [3.63, 3.8) is 0 Å². The zero-order valence-electron chi connectivity index (χ0n) is 13.6. The van der Waals surface area contributed by atoms with Crippen molar-refractivity contribution in [3.05, 3.63) is 84.6 Å². The minimum atomic E-state index is 0.581. The summed E-state index contributed by atoms with van der Waals surface area (Å²) in [4.78, 5) is 8.65. The predicted octanol–water partition coefficient (Wildman–Crippen LogP) is 5.02. The summed E-state index contributed by atoms with van der Waals surface area (Å²) in [5, 5.41) is 3.39. The van der Waals surface area contributed by atoms with Crippen LogP contribution in [-0.4, -0.2) is 16.5 Å². The molecule has 0 aliphatic heterocycles. The minimum Gasteiger partial charge on any atom is -0.434 e. The first kappa shape index (κ1) is 15.1. The van der Waals surface area contributed by atoms with Crippen molar-refractivity contribution in [3.8, 4) is 11.5 Å². The third-order valence-electron chi connectivity index (χ3n) is 3.81. The number of benzene rings is 2. The van der Waals surface area contributed by atoms with E-state index in [1.54, 1.807) is 6.20 Å². The van der Waals surface area contributed by atoms with Crippen molar-refractivity contribution in [1.29, 1.82) is 0 Å². The molecule has 0 saturated carbocycles. The molecule has 0 saturated heterocycles. The van der Waals surface area contributed by atoms with Gasteiger partial charge in [0, 0.05) is 24.0 Å². The van der Waals surface area contributed by atoms with Crippen molar-refractivity contribution in [1.82, 2.24) is 9.97 Å². The van der Waals surface area contributed by atoms with Crippen molar-refractivity contribution in [2.75, 3.05) is 11.9 Å². The maximum atomic E-state index is 5.78. The number of oxazole rings is 1. The fourth-order valence-electron chi connectivity index (χ4n) is 2.59. The first-order valence-electron chi connectivity index (χ1n) is 8.16. The van der Waals surface area contributed by atoms with Crippen molar-refractivity contribution in [2.45, 2.75) is 0 Å². The Morgan fingerprint density at radius 1 is 0.960 bits per heavy atom. The van der Waals surface area contributed by atoms with Gasteiger partial charge in [0.2, 0.25) is 5.89 Å². The van der Waals surface area contributed by atoms with Gasteiger partial charge in [-0.05, 0) is 35.9 Å². The van der Waals surface area contributed by atoms with E-state index in [4.69, 9.17) is 4.42 Å². The van der Waals surface area contributed by atoms with Gasteiger partial charge in [-0.3, -0.25) is 0 Å². The van der Waals surface area contributed by atoms with Gasteiger partial charge in [-0.25, -0.2) is 4.98 Å². The SMILES string of the molecule is C(=C\c1ccccc1)/CNc1cccc(-c2nc3ncccc3o2)c1. The van der Waals surface area contributed by atoms with E-state index in [-0.39, 0.29) is 0 Å². The van der Waals surface area contributed by atoms with Crippen LogP contribution in [0.15, 0.2) is 83.4 Å². The predicted molar refractivity (Wildman–Crippen MR) is 101 cm³/mol. The lowest BCUT2D eigenvalue weighted by atomic mass is 10.2. The van der Waals surface area contributed by atoms with Crippen LogP contribution in [0, 0.1) is 0 Å². The van der Waals surface area contributed by atoms with E-state index in [1.807, 2.05) is 54.6 Å². The third kappa shape index (κ3) is 3.58. The molecule has 4 aromatic rings. The molecule has 2 aromatic carbocycles. The first-order chi connectivity index (χ1) is 12.4. The molecule has 4 rings (SSSR count). The van der Waals surface area contributed by atoms with E-state index in [0.29, 0.717) is 17.1 Å². The summed E-state index contributed by atoms with van der Waals surface area (Å²) in [6, 6.07) is 22.0. The summed E-state index contributed by atoms with van der Waals surface area (Å²) in [7, 11) is 0. The number of aromatic nitrogens is 2. The number of pyridine rings is 1. The molecule has 0 aliphatic rings. The maximum Gasteiger partial charge on any atom is 0.228 e. The van der Waals surface area contributed by atoms with Crippen molar-refractivity contribution < 1.29 is 4.42 Å². The molecule has 0 atom stereocenters. The van der Waals surface area contributed by atoms with Gasteiger partial charge in [-0.15, -0.1) is 0 Å². The molecule has 0 bridgehead atoms. The second kappa shape index (κ2) is 7.01. The number of nitrogens with zero attached hydrogens (tertiary/aromatic N) is 2. The molecule has 0 fully saturated rings. The lowest BCUT2D eigenvalue weighted by molar-refractivity contribution is 0.619. The van der Waals surface area contributed by atoms with Gasteiger partial charge >= 0.3 is 0 Å². The van der Waals surface area contributed by atoms with E-state index in [2.05, 4.69) is 39.6 Å². The summed E-state index contributed by atoms with van der Waals surface area (Å²) in [6.07, 6.45) is 5.92. The summed E-state index contributed by atoms with van der Waals surface area (Å²) >= 11 is 0. The monoisotopic (exact) mass is 327 g/mol. The molecule has 2 aromatic heterocycles. The zero-order chi connectivity index (χ0) is 16.9. The molecule has 1 N–H and O–H groups in total. The lowest BCUT2D eigenvalue weighted by Gasteiger charge is -2.04. The Labute approximate surface area is 145 Å². The van der Waals surface area contributed by atoms with Crippen LogP contribution >= 0.6 is 0 Å². The molecule has 0 radical (unpaired) electrons. The van der Waals surface area contributed by atoms with Crippen LogP contribution in [0.1, 0.15) is 5.56 Å². The van der Waals surface area contributed by atoms with Crippen molar-refractivity contribution in [2.24, 2.45) is 0 Å². The topological polar surface area (TPSA) is 51.0 Å². The fraction of sp³-hybridized carbons (Fsp3) is 0.0476. The molecule has 25 heavy (non-hydrogen) atoms. The summed E-state index contributed by atoms with van der Waals surface area (Å²) < 4.78 is 5.78. The van der Waals surface area contributed by atoms with Crippen LogP contribution in [0.5, 0.6) is 0 Å². The highest BCUT2D eigenvalue weighted by atomic mass is 16.3. The second-order valence-corrected chi connectivity index (χ2v) is 5.62. The van der Waals surface area contributed by atoms with E-state index >= 15 is 0 Å². The molecule has 0 amide bonds. The Morgan fingerprint density at radius 3 is 2.76 bits per heavy atom. The highest BCUT2D eigenvalue weighted by Crippen LogP contribution is 2.25. The van der Waals surface area contributed by atoms with Gasteiger partial charge in [0.05, 0.1) is 0 Å². The van der Waals surface area contributed by atoms with E-state index in [0.717, 1.165) is 17.8 Å². The second-order valence-electron chi connectivity index (χ2n) is 5.62. The summed E-state index contributed by atoms with van der Waals surface area (Å²) in [5.41, 5.74) is 4.46. The average molecular weight is 327 g/mol. The summed E-state index contributed by atoms with van der Waals surface area (Å²) in [6.45, 7) is 0.744.